The summed E-state index contributed by atoms with van der Waals surface area (Å²) < 4.78 is 5.42. The molecule has 3 rings (SSSR count). The Morgan fingerprint density at radius 2 is 1.96 bits per heavy atom. The summed E-state index contributed by atoms with van der Waals surface area (Å²) in [6.07, 6.45) is 2.91. The molecule has 2 heterocycles. The van der Waals surface area contributed by atoms with Crippen LogP contribution >= 0.6 is 11.3 Å². The molecule has 0 radical (unpaired) electrons. The molecule has 23 heavy (non-hydrogen) atoms. The van der Waals surface area contributed by atoms with Crippen molar-refractivity contribution in [1.29, 1.82) is 0 Å². The van der Waals surface area contributed by atoms with Gasteiger partial charge in [-0.25, -0.2) is 0 Å². The number of rotatable bonds is 6. The van der Waals surface area contributed by atoms with Crippen LogP contribution < -0.4 is 4.90 Å². The highest BCUT2D eigenvalue weighted by atomic mass is 32.1. The van der Waals surface area contributed by atoms with E-state index in [0.29, 0.717) is 13.0 Å². The molecule has 2 aromatic heterocycles. The van der Waals surface area contributed by atoms with Crippen LogP contribution in [-0.2, 0) is 17.8 Å². The third-order valence-electron chi connectivity index (χ3n) is 3.71. The lowest BCUT2D eigenvalue weighted by molar-refractivity contribution is -0.118. The highest BCUT2D eigenvalue weighted by Crippen LogP contribution is 2.21. The number of anilines is 1. The molecular weight excluding hydrogens is 306 g/mol. The minimum absolute atomic E-state index is 0.110. The lowest BCUT2D eigenvalue weighted by Crippen LogP contribution is -2.30. The molecule has 0 saturated heterocycles. The SMILES string of the molecule is Cc1ccc(N(Cc2ccco2)C(=O)CCc2cccs2)cc1. The standard InChI is InChI=1S/C19H19NO2S/c1-15-6-8-16(9-7-15)20(14-17-4-2-12-22-17)19(21)11-10-18-5-3-13-23-18/h2-9,12-13H,10-11,14H2,1H3. The van der Waals surface area contributed by atoms with Crippen LogP contribution in [0.25, 0.3) is 0 Å². The summed E-state index contributed by atoms with van der Waals surface area (Å²) in [6, 6.07) is 15.9. The quantitative estimate of drug-likeness (QED) is 0.651. The Morgan fingerprint density at radius 1 is 1.13 bits per heavy atom. The Labute approximate surface area is 140 Å². The van der Waals surface area contributed by atoms with Crippen molar-refractivity contribution in [2.24, 2.45) is 0 Å². The van der Waals surface area contributed by atoms with E-state index >= 15 is 0 Å². The number of carbonyl (C=O) groups is 1. The van der Waals surface area contributed by atoms with Gasteiger partial charge in [0.05, 0.1) is 12.8 Å². The van der Waals surface area contributed by atoms with Gasteiger partial charge in [-0.3, -0.25) is 4.79 Å². The highest BCUT2D eigenvalue weighted by molar-refractivity contribution is 7.09. The van der Waals surface area contributed by atoms with Gasteiger partial charge < -0.3 is 9.32 Å². The van der Waals surface area contributed by atoms with Crippen molar-refractivity contribution < 1.29 is 9.21 Å². The Balaban J connectivity index is 1.76. The van der Waals surface area contributed by atoms with Gasteiger partial charge in [0, 0.05) is 17.0 Å². The molecule has 0 aliphatic rings. The average Bonchev–Trinajstić information content (AvgIpc) is 3.25. The maximum Gasteiger partial charge on any atom is 0.227 e. The maximum atomic E-state index is 12.7. The number of hydrogen-bond donors (Lipinski definition) is 0. The van der Waals surface area contributed by atoms with E-state index in [4.69, 9.17) is 4.42 Å². The highest BCUT2D eigenvalue weighted by Gasteiger charge is 2.17. The molecule has 0 spiro atoms. The van der Waals surface area contributed by atoms with E-state index in [1.54, 1.807) is 22.5 Å². The Kier molecular flexibility index (Phi) is 4.93. The molecule has 0 saturated carbocycles. The number of amides is 1. The fourth-order valence-corrected chi connectivity index (χ4v) is 3.14. The molecule has 0 aliphatic heterocycles. The molecule has 3 aromatic rings. The van der Waals surface area contributed by atoms with Crippen LogP contribution in [0.1, 0.15) is 22.6 Å². The van der Waals surface area contributed by atoms with E-state index in [-0.39, 0.29) is 5.91 Å². The smallest absolute Gasteiger partial charge is 0.227 e. The van der Waals surface area contributed by atoms with Gasteiger partial charge >= 0.3 is 0 Å². The largest absolute Gasteiger partial charge is 0.467 e. The third-order valence-corrected chi connectivity index (χ3v) is 4.64. The molecule has 0 aliphatic carbocycles. The summed E-state index contributed by atoms with van der Waals surface area (Å²) >= 11 is 1.69. The molecular formula is C19H19NO2S. The molecule has 0 unspecified atom stereocenters. The van der Waals surface area contributed by atoms with Crippen LogP contribution in [0, 0.1) is 6.92 Å². The topological polar surface area (TPSA) is 33.5 Å². The fourth-order valence-electron chi connectivity index (χ4n) is 2.43. The lowest BCUT2D eigenvalue weighted by Gasteiger charge is -2.22. The van der Waals surface area contributed by atoms with Crippen molar-refractivity contribution in [2.75, 3.05) is 4.90 Å². The number of hydrogen-bond acceptors (Lipinski definition) is 3. The molecule has 3 nitrogen and oxygen atoms in total. The van der Waals surface area contributed by atoms with Crippen LogP contribution in [0.5, 0.6) is 0 Å². The first-order valence-electron chi connectivity index (χ1n) is 7.64. The zero-order valence-corrected chi connectivity index (χ0v) is 13.9. The van der Waals surface area contributed by atoms with Crippen LogP contribution in [0.3, 0.4) is 0 Å². The van der Waals surface area contributed by atoms with Crippen LogP contribution in [-0.4, -0.2) is 5.91 Å². The molecule has 0 fully saturated rings. The molecule has 118 valence electrons. The number of aryl methyl sites for hydroxylation is 2. The van der Waals surface area contributed by atoms with Gasteiger partial charge in [-0.1, -0.05) is 23.8 Å². The maximum absolute atomic E-state index is 12.7. The van der Waals surface area contributed by atoms with Crippen molar-refractivity contribution in [3.05, 3.63) is 76.4 Å². The first kappa shape index (κ1) is 15.6. The number of thiophene rings is 1. The van der Waals surface area contributed by atoms with E-state index < -0.39 is 0 Å². The molecule has 0 N–H and O–H groups in total. The molecule has 0 atom stereocenters. The molecule has 1 aromatic carbocycles. The van der Waals surface area contributed by atoms with E-state index in [2.05, 4.69) is 6.07 Å². The number of nitrogens with zero attached hydrogens (tertiary/aromatic N) is 1. The van der Waals surface area contributed by atoms with Crippen molar-refractivity contribution in [2.45, 2.75) is 26.3 Å². The average molecular weight is 325 g/mol. The van der Waals surface area contributed by atoms with Crippen molar-refractivity contribution in [3.63, 3.8) is 0 Å². The van der Waals surface area contributed by atoms with Crippen LogP contribution in [0.2, 0.25) is 0 Å². The summed E-state index contributed by atoms with van der Waals surface area (Å²) in [5.74, 6) is 0.897. The Bertz CT molecular complexity index is 730. The minimum Gasteiger partial charge on any atom is -0.467 e. The van der Waals surface area contributed by atoms with Gasteiger partial charge in [0.2, 0.25) is 5.91 Å². The second-order valence-corrected chi connectivity index (χ2v) is 6.51. The predicted molar refractivity (Wildman–Crippen MR) is 93.7 cm³/mol. The van der Waals surface area contributed by atoms with Crippen molar-refractivity contribution in [1.82, 2.24) is 0 Å². The summed E-state index contributed by atoms with van der Waals surface area (Å²) in [5.41, 5.74) is 2.08. The van der Waals surface area contributed by atoms with E-state index in [1.807, 2.05) is 54.8 Å². The lowest BCUT2D eigenvalue weighted by atomic mass is 10.2. The fraction of sp³-hybridized carbons (Fsp3) is 0.211. The van der Waals surface area contributed by atoms with Gasteiger partial charge in [-0.15, -0.1) is 11.3 Å². The van der Waals surface area contributed by atoms with E-state index in [9.17, 15) is 4.79 Å². The van der Waals surface area contributed by atoms with Crippen molar-refractivity contribution in [3.8, 4) is 0 Å². The second kappa shape index (κ2) is 7.29. The zero-order chi connectivity index (χ0) is 16.1. The first-order chi connectivity index (χ1) is 11.2. The predicted octanol–water partition coefficient (Wildman–Crippen LogP) is 4.82. The number of furan rings is 1. The summed E-state index contributed by atoms with van der Waals surface area (Å²) in [4.78, 5) is 15.8. The van der Waals surface area contributed by atoms with Crippen LogP contribution in [0.15, 0.2) is 64.6 Å². The van der Waals surface area contributed by atoms with Gasteiger partial charge in [-0.05, 0) is 49.1 Å². The van der Waals surface area contributed by atoms with Gasteiger partial charge in [0.15, 0.2) is 0 Å². The third kappa shape index (κ3) is 4.11. The zero-order valence-electron chi connectivity index (χ0n) is 13.1. The van der Waals surface area contributed by atoms with Crippen LogP contribution in [0.4, 0.5) is 5.69 Å². The summed E-state index contributed by atoms with van der Waals surface area (Å²) in [5, 5.41) is 2.04. The number of carbonyl (C=O) groups excluding carboxylic acids is 1. The Morgan fingerprint density at radius 3 is 2.61 bits per heavy atom. The van der Waals surface area contributed by atoms with E-state index in [1.165, 1.54) is 10.4 Å². The molecule has 1 amide bonds. The first-order valence-corrected chi connectivity index (χ1v) is 8.52. The normalized spacial score (nSPS) is 10.7. The van der Waals surface area contributed by atoms with Crippen molar-refractivity contribution >= 4 is 22.9 Å². The van der Waals surface area contributed by atoms with Gasteiger partial charge in [0.1, 0.15) is 5.76 Å². The minimum atomic E-state index is 0.110. The van der Waals surface area contributed by atoms with Gasteiger partial charge in [-0.2, -0.15) is 0 Å². The van der Waals surface area contributed by atoms with E-state index in [0.717, 1.165) is 17.9 Å². The van der Waals surface area contributed by atoms with Gasteiger partial charge in [0.25, 0.3) is 0 Å². The summed E-state index contributed by atoms with van der Waals surface area (Å²) in [6.45, 7) is 2.50. The second-order valence-electron chi connectivity index (χ2n) is 5.47. The summed E-state index contributed by atoms with van der Waals surface area (Å²) in [7, 11) is 0. The molecule has 4 heteroatoms. The Hall–Kier alpha value is -2.33. The number of benzene rings is 1. The monoisotopic (exact) mass is 325 g/mol. The molecule has 0 bridgehead atoms.